The lowest BCUT2D eigenvalue weighted by molar-refractivity contribution is -0.0289. The largest absolute Gasteiger partial charge is 0.449 e. The van der Waals surface area contributed by atoms with Crippen molar-refractivity contribution in [3.63, 3.8) is 0 Å². The second-order valence-electron chi connectivity index (χ2n) is 9.91. The van der Waals surface area contributed by atoms with E-state index in [0.717, 1.165) is 44.2 Å². The Bertz CT molecular complexity index is 757. The van der Waals surface area contributed by atoms with Crippen molar-refractivity contribution in [3.05, 3.63) is 35.6 Å². The van der Waals surface area contributed by atoms with E-state index < -0.39 is 6.09 Å². The number of nitrogens with one attached hydrogen (secondary N) is 2. The zero-order chi connectivity index (χ0) is 20.8. The normalized spacial score (nSPS) is 40.6. The second kappa shape index (κ2) is 7.50. The predicted molar refractivity (Wildman–Crippen MR) is 114 cm³/mol. The number of ether oxygens (including phenoxy) is 1. The molecule has 0 saturated heterocycles. The molecule has 0 aromatic rings. The Kier molecular flexibility index (Phi) is 5.30. The van der Waals surface area contributed by atoms with Crippen LogP contribution in [0.5, 0.6) is 0 Å². The van der Waals surface area contributed by atoms with Gasteiger partial charge in [0.2, 0.25) is 0 Å². The van der Waals surface area contributed by atoms with Gasteiger partial charge in [0.15, 0.2) is 0 Å². The lowest BCUT2D eigenvalue weighted by Gasteiger charge is -2.57. The van der Waals surface area contributed by atoms with E-state index in [1.54, 1.807) is 6.92 Å². The lowest BCUT2D eigenvalue weighted by atomic mass is 9.47. The van der Waals surface area contributed by atoms with E-state index in [4.69, 9.17) is 4.74 Å². The van der Waals surface area contributed by atoms with Crippen LogP contribution in [0.25, 0.3) is 0 Å². The number of aliphatic hydroxyl groups is 1. The van der Waals surface area contributed by atoms with E-state index in [0.29, 0.717) is 24.4 Å². The number of hydrazine groups is 1. The summed E-state index contributed by atoms with van der Waals surface area (Å²) in [6.45, 7) is 11.2. The first-order chi connectivity index (χ1) is 13.8. The molecule has 0 bridgehead atoms. The second-order valence-corrected chi connectivity index (χ2v) is 9.91. The number of hydrogen-bond donors (Lipinski definition) is 3. The van der Waals surface area contributed by atoms with Gasteiger partial charge in [0.1, 0.15) is 0 Å². The standard InChI is InChI=1S/C24H36N2O3/c1-5-29-22(28)26-25-15(2)19-8-9-20-18-7-6-16-14-17(27)10-12-23(16,3)21(18)11-13-24(19,20)4/h6,8,17-18,20-21,25,27H,2,5,7,9-14H2,1,3-4H3,(H,26,28)/t17-,18+,20-,21-,23+,24-/m1/s1. The molecule has 3 N–H and O–H groups in total. The molecule has 0 spiro atoms. The summed E-state index contributed by atoms with van der Waals surface area (Å²) in [6, 6.07) is 0. The Hall–Kier alpha value is -1.75. The van der Waals surface area contributed by atoms with Gasteiger partial charge in [0.05, 0.1) is 18.4 Å². The molecular formula is C24H36N2O3. The first-order valence-corrected chi connectivity index (χ1v) is 11.3. The fourth-order valence-electron chi connectivity index (χ4n) is 7.04. The maximum Gasteiger partial charge on any atom is 0.425 e. The molecule has 2 fully saturated rings. The minimum atomic E-state index is -0.477. The molecular weight excluding hydrogens is 364 g/mol. The molecule has 0 aromatic carbocycles. The molecule has 4 rings (SSSR count). The summed E-state index contributed by atoms with van der Waals surface area (Å²) in [5, 5.41) is 10.2. The van der Waals surface area contributed by atoms with Crippen LogP contribution in [0.4, 0.5) is 4.79 Å². The zero-order valence-electron chi connectivity index (χ0n) is 18.1. The Morgan fingerprint density at radius 2 is 1.93 bits per heavy atom. The van der Waals surface area contributed by atoms with E-state index in [1.165, 1.54) is 17.6 Å². The maximum atomic E-state index is 11.6. The highest BCUT2D eigenvalue weighted by Gasteiger charge is 2.56. The number of amides is 1. The van der Waals surface area contributed by atoms with E-state index in [9.17, 15) is 9.90 Å². The van der Waals surface area contributed by atoms with Crippen molar-refractivity contribution < 1.29 is 14.6 Å². The number of fused-ring (bicyclic) bond motifs is 5. The smallest absolute Gasteiger partial charge is 0.425 e. The van der Waals surface area contributed by atoms with Gasteiger partial charge in [0, 0.05) is 0 Å². The Labute approximate surface area is 174 Å². The fraction of sp³-hybridized carbons (Fsp3) is 0.708. The summed E-state index contributed by atoms with van der Waals surface area (Å²) in [5.41, 5.74) is 9.45. The molecule has 1 amide bonds. The topological polar surface area (TPSA) is 70.6 Å². The minimum absolute atomic E-state index is 0.0947. The molecule has 4 aliphatic rings. The monoisotopic (exact) mass is 400 g/mol. The van der Waals surface area contributed by atoms with Crippen molar-refractivity contribution in [2.75, 3.05) is 6.61 Å². The lowest BCUT2D eigenvalue weighted by Crippen LogP contribution is -2.50. The maximum absolute atomic E-state index is 11.6. The van der Waals surface area contributed by atoms with Crippen molar-refractivity contribution in [3.8, 4) is 0 Å². The van der Waals surface area contributed by atoms with Gasteiger partial charge in [0.25, 0.3) is 0 Å². The number of carbonyl (C=O) groups is 1. The average molecular weight is 401 g/mol. The highest BCUT2D eigenvalue weighted by molar-refractivity contribution is 5.66. The molecule has 0 radical (unpaired) electrons. The summed E-state index contributed by atoms with van der Waals surface area (Å²) in [5.74, 6) is 2.00. The Morgan fingerprint density at radius 3 is 2.69 bits per heavy atom. The number of rotatable bonds is 4. The van der Waals surface area contributed by atoms with Gasteiger partial charge in [-0.25, -0.2) is 10.2 Å². The van der Waals surface area contributed by atoms with Crippen LogP contribution in [0.1, 0.15) is 65.7 Å². The predicted octanol–water partition coefficient (Wildman–Crippen LogP) is 4.61. The van der Waals surface area contributed by atoms with Crippen LogP contribution < -0.4 is 10.9 Å². The third-order valence-electron chi connectivity index (χ3n) is 8.57. The van der Waals surface area contributed by atoms with Gasteiger partial charge in [-0.15, -0.1) is 0 Å². The van der Waals surface area contributed by atoms with Crippen LogP contribution in [0, 0.1) is 28.6 Å². The van der Waals surface area contributed by atoms with E-state index in [-0.39, 0.29) is 16.9 Å². The molecule has 6 atom stereocenters. The van der Waals surface area contributed by atoms with Crippen molar-refractivity contribution >= 4 is 6.09 Å². The first-order valence-electron chi connectivity index (χ1n) is 11.3. The van der Waals surface area contributed by atoms with Crippen molar-refractivity contribution in [1.29, 1.82) is 0 Å². The third-order valence-corrected chi connectivity index (χ3v) is 8.57. The Balaban J connectivity index is 1.49. The van der Waals surface area contributed by atoms with Crippen LogP contribution >= 0.6 is 0 Å². The van der Waals surface area contributed by atoms with Gasteiger partial charge in [-0.2, -0.15) is 0 Å². The summed E-state index contributed by atoms with van der Waals surface area (Å²) in [4.78, 5) is 11.6. The first kappa shape index (κ1) is 20.5. The fourth-order valence-corrected chi connectivity index (χ4v) is 7.04. The molecule has 5 heteroatoms. The summed E-state index contributed by atoms with van der Waals surface area (Å²) < 4.78 is 4.93. The molecule has 2 saturated carbocycles. The number of allylic oxidation sites excluding steroid dienone is 3. The van der Waals surface area contributed by atoms with Gasteiger partial charge in [-0.1, -0.05) is 38.2 Å². The van der Waals surface area contributed by atoms with E-state index >= 15 is 0 Å². The van der Waals surface area contributed by atoms with Crippen LogP contribution in [0.2, 0.25) is 0 Å². The highest BCUT2D eigenvalue weighted by Crippen LogP contribution is 2.65. The van der Waals surface area contributed by atoms with Gasteiger partial charge in [-0.05, 0) is 86.0 Å². The number of carbonyl (C=O) groups excluding carboxylic acids is 1. The molecule has 0 heterocycles. The zero-order valence-corrected chi connectivity index (χ0v) is 18.1. The molecule has 29 heavy (non-hydrogen) atoms. The molecule has 160 valence electrons. The molecule has 5 nitrogen and oxygen atoms in total. The van der Waals surface area contributed by atoms with Crippen LogP contribution in [-0.4, -0.2) is 23.9 Å². The van der Waals surface area contributed by atoms with Crippen LogP contribution in [0.15, 0.2) is 35.6 Å². The molecule has 4 aliphatic carbocycles. The molecule has 0 unspecified atom stereocenters. The van der Waals surface area contributed by atoms with Crippen molar-refractivity contribution in [2.45, 2.75) is 71.8 Å². The van der Waals surface area contributed by atoms with Crippen molar-refractivity contribution in [2.24, 2.45) is 28.6 Å². The van der Waals surface area contributed by atoms with Gasteiger partial charge < -0.3 is 9.84 Å². The average Bonchev–Trinajstić information content (AvgIpc) is 3.04. The van der Waals surface area contributed by atoms with E-state index in [2.05, 4.69) is 43.4 Å². The minimum Gasteiger partial charge on any atom is -0.449 e. The number of hydrogen-bond acceptors (Lipinski definition) is 4. The summed E-state index contributed by atoms with van der Waals surface area (Å²) >= 11 is 0. The summed E-state index contributed by atoms with van der Waals surface area (Å²) in [6.07, 6.45) is 11.7. The summed E-state index contributed by atoms with van der Waals surface area (Å²) in [7, 11) is 0. The molecule has 0 aliphatic heterocycles. The van der Waals surface area contributed by atoms with Crippen molar-refractivity contribution in [1.82, 2.24) is 10.9 Å². The quantitative estimate of drug-likeness (QED) is 0.476. The van der Waals surface area contributed by atoms with Gasteiger partial charge >= 0.3 is 6.09 Å². The van der Waals surface area contributed by atoms with Gasteiger partial charge in [-0.3, -0.25) is 5.43 Å². The van der Waals surface area contributed by atoms with Crippen LogP contribution in [0.3, 0.4) is 0 Å². The highest BCUT2D eigenvalue weighted by atomic mass is 16.5. The van der Waals surface area contributed by atoms with Crippen LogP contribution in [-0.2, 0) is 4.74 Å². The molecule has 0 aromatic heterocycles. The number of aliphatic hydroxyl groups excluding tert-OH is 1. The SMILES string of the molecule is C=C(NNC(=O)OCC)C1=CC[C@@H]2[C@@H]3CC=C4C[C@H](O)CC[C@]4(C)[C@@H]3CC[C@]12C. The Morgan fingerprint density at radius 1 is 1.17 bits per heavy atom. The van der Waals surface area contributed by atoms with E-state index in [1.807, 2.05) is 0 Å². The third kappa shape index (κ3) is 3.31.